The van der Waals surface area contributed by atoms with E-state index in [9.17, 15) is 8.42 Å². The molecule has 19 heavy (non-hydrogen) atoms. The molecule has 108 valence electrons. The van der Waals surface area contributed by atoms with E-state index in [0.717, 1.165) is 0 Å². The van der Waals surface area contributed by atoms with Crippen LogP contribution in [0, 0.1) is 0 Å². The van der Waals surface area contributed by atoms with Gasteiger partial charge in [-0.1, -0.05) is 15.9 Å². The van der Waals surface area contributed by atoms with Gasteiger partial charge in [-0.05, 0) is 35.0 Å². The minimum atomic E-state index is -3.68. The molecule has 0 saturated heterocycles. The first-order valence-electron chi connectivity index (χ1n) is 5.43. The van der Waals surface area contributed by atoms with Gasteiger partial charge in [0.2, 0.25) is 10.0 Å². The van der Waals surface area contributed by atoms with E-state index in [-0.39, 0.29) is 16.6 Å². The summed E-state index contributed by atoms with van der Waals surface area (Å²) in [5, 5.41) is 0. The van der Waals surface area contributed by atoms with Crippen molar-refractivity contribution in [2.75, 3.05) is 26.5 Å². The third kappa shape index (κ3) is 3.69. The summed E-state index contributed by atoms with van der Waals surface area (Å²) in [6.45, 7) is 2.08. The van der Waals surface area contributed by atoms with E-state index < -0.39 is 10.0 Å². The standard InChI is InChI=1S/C11H16Br2N2O3S/c1-7(6-18-3)15(2)19(16,17)11-9(13)4-8(12)5-10(11)14/h4-5,7H,6,14H2,1-3H3. The molecule has 1 aromatic carbocycles. The van der Waals surface area contributed by atoms with Crippen LogP contribution in [0.25, 0.3) is 0 Å². The molecule has 0 radical (unpaired) electrons. The van der Waals surface area contributed by atoms with Gasteiger partial charge in [-0.3, -0.25) is 0 Å². The molecule has 0 bridgehead atoms. The molecule has 5 nitrogen and oxygen atoms in total. The SMILES string of the molecule is COCC(C)N(C)S(=O)(=O)c1c(N)cc(Br)cc1Br. The monoisotopic (exact) mass is 414 g/mol. The quantitative estimate of drug-likeness (QED) is 0.749. The Morgan fingerprint density at radius 2 is 2.00 bits per heavy atom. The predicted octanol–water partition coefficient (Wildman–Crippen LogP) is 2.45. The van der Waals surface area contributed by atoms with Gasteiger partial charge < -0.3 is 10.5 Å². The normalized spacial score (nSPS) is 13.8. The van der Waals surface area contributed by atoms with E-state index >= 15 is 0 Å². The first-order valence-corrected chi connectivity index (χ1v) is 8.46. The van der Waals surface area contributed by atoms with Gasteiger partial charge in [-0.25, -0.2) is 8.42 Å². The maximum absolute atomic E-state index is 12.5. The number of anilines is 1. The average molecular weight is 416 g/mol. The summed E-state index contributed by atoms with van der Waals surface area (Å²) in [6, 6.07) is 2.93. The van der Waals surface area contributed by atoms with Crippen LogP contribution in [-0.4, -0.2) is 39.5 Å². The fourth-order valence-corrected chi connectivity index (χ4v) is 4.94. The molecule has 1 rings (SSSR count). The maximum Gasteiger partial charge on any atom is 0.246 e. The number of nitrogens with zero attached hydrogens (tertiary/aromatic N) is 1. The third-order valence-electron chi connectivity index (χ3n) is 2.70. The molecular weight excluding hydrogens is 400 g/mol. The molecule has 0 aliphatic heterocycles. The van der Waals surface area contributed by atoms with Crippen molar-refractivity contribution in [2.45, 2.75) is 17.9 Å². The number of hydrogen-bond donors (Lipinski definition) is 1. The van der Waals surface area contributed by atoms with Crippen molar-refractivity contribution < 1.29 is 13.2 Å². The molecule has 1 unspecified atom stereocenters. The van der Waals surface area contributed by atoms with Crippen molar-refractivity contribution >= 4 is 47.6 Å². The second kappa shape index (κ2) is 6.53. The largest absolute Gasteiger partial charge is 0.398 e. The lowest BCUT2D eigenvalue weighted by Crippen LogP contribution is -2.38. The first-order chi connectivity index (χ1) is 8.71. The number of likely N-dealkylation sites (N-methyl/N-ethyl adjacent to an activating group) is 1. The number of nitrogen functional groups attached to an aromatic ring is 1. The highest BCUT2D eigenvalue weighted by molar-refractivity contribution is 9.11. The zero-order valence-corrected chi connectivity index (χ0v) is 14.8. The van der Waals surface area contributed by atoms with Gasteiger partial charge in [0.1, 0.15) is 4.90 Å². The van der Waals surface area contributed by atoms with E-state index in [1.807, 2.05) is 0 Å². The third-order valence-corrected chi connectivity index (χ3v) is 6.14. The Bertz CT molecular complexity index is 540. The molecule has 0 aliphatic carbocycles. The van der Waals surface area contributed by atoms with Crippen molar-refractivity contribution in [1.29, 1.82) is 0 Å². The topological polar surface area (TPSA) is 72.6 Å². The van der Waals surface area contributed by atoms with Crippen LogP contribution < -0.4 is 5.73 Å². The molecule has 0 saturated carbocycles. The number of sulfonamides is 1. The molecular formula is C11H16Br2N2O3S. The molecule has 0 aliphatic rings. The minimum Gasteiger partial charge on any atom is -0.398 e. The van der Waals surface area contributed by atoms with Gasteiger partial charge in [-0.15, -0.1) is 0 Å². The fourth-order valence-electron chi connectivity index (χ4n) is 1.58. The van der Waals surface area contributed by atoms with Crippen molar-refractivity contribution in [1.82, 2.24) is 4.31 Å². The van der Waals surface area contributed by atoms with E-state index in [1.54, 1.807) is 19.1 Å². The van der Waals surface area contributed by atoms with Crippen LogP contribution in [0.1, 0.15) is 6.92 Å². The predicted molar refractivity (Wildman–Crippen MR) is 82.5 cm³/mol. The number of nitrogens with two attached hydrogens (primary N) is 1. The lowest BCUT2D eigenvalue weighted by atomic mass is 10.3. The maximum atomic E-state index is 12.5. The Hall–Kier alpha value is -0.150. The van der Waals surface area contributed by atoms with E-state index in [1.165, 1.54) is 18.5 Å². The lowest BCUT2D eigenvalue weighted by molar-refractivity contribution is 0.149. The number of rotatable bonds is 5. The van der Waals surface area contributed by atoms with E-state index in [0.29, 0.717) is 15.6 Å². The Morgan fingerprint density at radius 1 is 1.42 bits per heavy atom. The van der Waals surface area contributed by atoms with Crippen LogP contribution >= 0.6 is 31.9 Å². The van der Waals surface area contributed by atoms with Crippen LogP contribution in [0.5, 0.6) is 0 Å². The van der Waals surface area contributed by atoms with Crippen molar-refractivity contribution in [2.24, 2.45) is 0 Å². The minimum absolute atomic E-state index is 0.0705. The van der Waals surface area contributed by atoms with Gasteiger partial charge in [0.05, 0.1) is 12.3 Å². The Labute approximate surface area is 130 Å². The smallest absolute Gasteiger partial charge is 0.246 e. The van der Waals surface area contributed by atoms with Gasteiger partial charge in [0, 0.05) is 29.1 Å². The van der Waals surface area contributed by atoms with Crippen LogP contribution in [0.3, 0.4) is 0 Å². The van der Waals surface area contributed by atoms with Gasteiger partial charge in [0.25, 0.3) is 0 Å². The van der Waals surface area contributed by atoms with Crippen molar-refractivity contribution in [3.05, 3.63) is 21.1 Å². The number of hydrogen-bond acceptors (Lipinski definition) is 4. The fraction of sp³-hybridized carbons (Fsp3) is 0.455. The zero-order chi connectivity index (χ0) is 14.8. The molecule has 1 atom stereocenters. The van der Waals surface area contributed by atoms with Gasteiger partial charge >= 0.3 is 0 Å². The molecule has 1 aromatic rings. The summed E-state index contributed by atoms with van der Waals surface area (Å²) in [5.74, 6) is 0. The van der Waals surface area contributed by atoms with Crippen LogP contribution in [0.2, 0.25) is 0 Å². The molecule has 0 amide bonds. The van der Waals surface area contributed by atoms with Gasteiger partial charge in [-0.2, -0.15) is 4.31 Å². The molecule has 0 fully saturated rings. The van der Waals surface area contributed by atoms with E-state index in [4.69, 9.17) is 10.5 Å². The summed E-state index contributed by atoms with van der Waals surface area (Å²) < 4.78 is 32.5. The second-order valence-corrected chi connectivity index (χ2v) is 7.84. The summed E-state index contributed by atoms with van der Waals surface area (Å²) in [7, 11) is -0.642. The summed E-state index contributed by atoms with van der Waals surface area (Å²) in [6.07, 6.45) is 0. The second-order valence-electron chi connectivity index (χ2n) is 4.13. The zero-order valence-electron chi connectivity index (χ0n) is 10.9. The lowest BCUT2D eigenvalue weighted by Gasteiger charge is -2.25. The molecule has 2 N–H and O–H groups in total. The highest BCUT2D eigenvalue weighted by atomic mass is 79.9. The average Bonchev–Trinajstić information content (AvgIpc) is 2.26. The Balaban J connectivity index is 3.28. The van der Waals surface area contributed by atoms with Crippen LogP contribution in [0.15, 0.2) is 26.0 Å². The number of ether oxygens (including phenoxy) is 1. The first kappa shape index (κ1) is 16.9. The summed E-state index contributed by atoms with van der Waals surface area (Å²) in [5.41, 5.74) is 6.02. The van der Waals surface area contributed by atoms with Gasteiger partial charge in [0.15, 0.2) is 0 Å². The molecule has 8 heteroatoms. The number of methoxy groups -OCH3 is 1. The highest BCUT2D eigenvalue weighted by Gasteiger charge is 2.29. The Kier molecular flexibility index (Phi) is 5.81. The molecule has 0 heterocycles. The van der Waals surface area contributed by atoms with Crippen molar-refractivity contribution in [3.63, 3.8) is 0 Å². The van der Waals surface area contributed by atoms with Crippen LogP contribution in [-0.2, 0) is 14.8 Å². The Morgan fingerprint density at radius 3 is 2.47 bits per heavy atom. The van der Waals surface area contributed by atoms with E-state index in [2.05, 4.69) is 31.9 Å². The number of benzene rings is 1. The summed E-state index contributed by atoms with van der Waals surface area (Å²) in [4.78, 5) is 0.0705. The molecule has 0 spiro atoms. The molecule has 0 aromatic heterocycles. The van der Waals surface area contributed by atoms with Crippen LogP contribution in [0.4, 0.5) is 5.69 Å². The summed E-state index contributed by atoms with van der Waals surface area (Å²) >= 11 is 6.51. The highest BCUT2D eigenvalue weighted by Crippen LogP contribution is 2.33. The number of halogens is 2. The van der Waals surface area contributed by atoms with Crippen molar-refractivity contribution in [3.8, 4) is 0 Å².